The van der Waals surface area contributed by atoms with Crippen molar-refractivity contribution in [2.75, 3.05) is 5.88 Å². The molecule has 0 rings (SSSR count). The van der Waals surface area contributed by atoms with Crippen LogP contribution in [-0.4, -0.2) is 29.8 Å². The summed E-state index contributed by atoms with van der Waals surface area (Å²) in [6.45, 7) is 3.04. The zero-order valence-corrected chi connectivity index (χ0v) is 8.95. The van der Waals surface area contributed by atoms with Crippen LogP contribution in [0.25, 0.3) is 0 Å². The summed E-state index contributed by atoms with van der Waals surface area (Å²) >= 11 is 5.21. The van der Waals surface area contributed by atoms with Crippen LogP contribution in [0.15, 0.2) is 0 Å². The molecule has 0 saturated heterocycles. The van der Waals surface area contributed by atoms with Gasteiger partial charge >= 0.3 is 12.1 Å². The van der Waals surface area contributed by atoms with E-state index in [1.807, 2.05) is 0 Å². The van der Waals surface area contributed by atoms with Crippen molar-refractivity contribution in [1.82, 2.24) is 5.32 Å². The van der Waals surface area contributed by atoms with Crippen LogP contribution in [0, 0.1) is 5.92 Å². The normalized spacial score (nSPS) is 13.8. The van der Waals surface area contributed by atoms with E-state index in [9.17, 15) is 22.8 Å². The fraction of sp³-hybridized carbons (Fsp3) is 0.750. The molecule has 0 fully saturated rings. The van der Waals surface area contributed by atoms with Gasteiger partial charge in [-0.3, -0.25) is 9.59 Å². The largest absolute Gasteiger partial charge is 0.471 e. The van der Waals surface area contributed by atoms with Crippen molar-refractivity contribution in [3.05, 3.63) is 0 Å². The number of hydrogen-bond donors (Lipinski definition) is 1. The molecular formula is C8H11ClF3NO2. The monoisotopic (exact) mass is 245 g/mol. The van der Waals surface area contributed by atoms with Gasteiger partial charge in [-0.25, -0.2) is 0 Å². The van der Waals surface area contributed by atoms with Gasteiger partial charge in [0.25, 0.3) is 0 Å². The average molecular weight is 246 g/mol. The van der Waals surface area contributed by atoms with Crippen molar-refractivity contribution < 1.29 is 22.8 Å². The van der Waals surface area contributed by atoms with Crippen LogP contribution >= 0.6 is 11.6 Å². The summed E-state index contributed by atoms with van der Waals surface area (Å²) in [5, 5.41) is 1.61. The second-order valence-corrected chi connectivity index (χ2v) is 3.56. The molecule has 1 amide bonds. The molecule has 0 aliphatic heterocycles. The SMILES string of the molecule is CC(C)C(NC(=O)C(F)(F)F)C(=O)CCl. The van der Waals surface area contributed by atoms with E-state index in [4.69, 9.17) is 11.6 Å². The van der Waals surface area contributed by atoms with Gasteiger partial charge in [-0.15, -0.1) is 11.6 Å². The molecule has 0 aliphatic carbocycles. The Kier molecular flexibility index (Phi) is 5.07. The van der Waals surface area contributed by atoms with Crippen molar-refractivity contribution in [3.8, 4) is 0 Å². The topological polar surface area (TPSA) is 46.2 Å². The van der Waals surface area contributed by atoms with Gasteiger partial charge in [-0.1, -0.05) is 13.8 Å². The molecule has 3 nitrogen and oxygen atoms in total. The first kappa shape index (κ1) is 14.2. The Morgan fingerprint density at radius 3 is 2.07 bits per heavy atom. The molecule has 88 valence electrons. The summed E-state index contributed by atoms with van der Waals surface area (Å²) in [7, 11) is 0. The van der Waals surface area contributed by atoms with Crippen molar-refractivity contribution in [2.45, 2.75) is 26.1 Å². The number of carbonyl (C=O) groups is 2. The lowest BCUT2D eigenvalue weighted by molar-refractivity contribution is -0.175. The highest BCUT2D eigenvalue weighted by molar-refractivity contribution is 6.28. The Balaban J connectivity index is 4.57. The van der Waals surface area contributed by atoms with E-state index >= 15 is 0 Å². The van der Waals surface area contributed by atoms with Gasteiger partial charge in [0, 0.05) is 0 Å². The number of ketones is 1. The quantitative estimate of drug-likeness (QED) is 0.763. The molecular weight excluding hydrogens is 235 g/mol. The van der Waals surface area contributed by atoms with E-state index in [-0.39, 0.29) is 0 Å². The summed E-state index contributed by atoms with van der Waals surface area (Å²) in [5.74, 6) is -3.63. The van der Waals surface area contributed by atoms with Crippen LogP contribution in [0.4, 0.5) is 13.2 Å². The minimum Gasteiger partial charge on any atom is -0.338 e. The van der Waals surface area contributed by atoms with Gasteiger partial charge in [-0.05, 0) is 5.92 Å². The fourth-order valence-electron chi connectivity index (χ4n) is 0.925. The molecule has 0 heterocycles. The molecule has 0 bridgehead atoms. The molecule has 7 heteroatoms. The summed E-state index contributed by atoms with van der Waals surface area (Å²) in [5.41, 5.74) is 0. The summed E-state index contributed by atoms with van der Waals surface area (Å²) in [6, 6.07) is -1.20. The maximum atomic E-state index is 11.9. The highest BCUT2D eigenvalue weighted by atomic mass is 35.5. The van der Waals surface area contributed by atoms with Gasteiger partial charge in [0.15, 0.2) is 5.78 Å². The van der Waals surface area contributed by atoms with Gasteiger partial charge in [0.1, 0.15) is 0 Å². The number of hydrogen-bond acceptors (Lipinski definition) is 2. The molecule has 1 atom stereocenters. The smallest absolute Gasteiger partial charge is 0.338 e. The second kappa shape index (κ2) is 5.34. The second-order valence-electron chi connectivity index (χ2n) is 3.29. The van der Waals surface area contributed by atoms with Crippen molar-refractivity contribution >= 4 is 23.3 Å². The molecule has 0 aliphatic rings. The van der Waals surface area contributed by atoms with E-state index < -0.39 is 35.7 Å². The maximum absolute atomic E-state index is 11.9. The zero-order valence-electron chi connectivity index (χ0n) is 8.19. The number of halogens is 4. The lowest BCUT2D eigenvalue weighted by Gasteiger charge is -2.20. The van der Waals surface area contributed by atoms with Crippen LogP contribution in [-0.2, 0) is 9.59 Å². The van der Waals surface area contributed by atoms with Gasteiger partial charge < -0.3 is 5.32 Å². The molecule has 1 N–H and O–H groups in total. The maximum Gasteiger partial charge on any atom is 0.471 e. The average Bonchev–Trinajstić information content (AvgIpc) is 2.10. The standard InChI is InChI=1S/C8H11ClF3NO2/c1-4(2)6(5(14)3-9)13-7(15)8(10,11)12/h4,6H,3H2,1-2H3,(H,13,15). The number of Topliss-reactive ketones (excluding diaryl/α,β-unsaturated/α-hetero) is 1. The third-order valence-electron chi connectivity index (χ3n) is 1.69. The Labute approximate surface area is 90.0 Å². The summed E-state index contributed by atoms with van der Waals surface area (Å²) in [6.07, 6.45) is -4.99. The Bertz CT molecular complexity index is 253. The number of amides is 1. The van der Waals surface area contributed by atoms with E-state index in [0.29, 0.717) is 0 Å². The van der Waals surface area contributed by atoms with E-state index in [1.165, 1.54) is 13.8 Å². The molecule has 0 aromatic carbocycles. The Morgan fingerprint density at radius 1 is 1.33 bits per heavy atom. The van der Waals surface area contributed by atoms with Crippen LogP contribution in [0.1, 0.15) is 13.8 Å². The Hall–Kier alpha value is -0.780. The minimum atomic E-state index is -4.99. The summed E-state index contributed by atoms with van der Waals surface area (Å²) in [4.78, 5) is 21.7. The molecule has 15 heavy (non-hydrogen) atoms. The Morgan fingerprint density at radius 2 is 1.80 bits per heavy atom. The van der Waals surface area contributed by atoms with Crippen molar-refractivity contribution in [2.24, 2.45) is 5.92 Å². The van der Waals surface area contributed by atoms with Crippen molar-refractivity contribution in [3.63, 3.8) is 0 Å². The third-order valence-corrected chi connectivity index (χ3v) is 1.95. The predicted octanol–water partition coefficient (Wildman–Crippen LogP) is 1.50. The van der Waals surface area contributed by atoms with Gasteiger partial charge in [0.05, 0.1) is 11.9 Å². The van der Waals surface area contributed by atoms with Crippen LogP contribution in [0.2, 0.25) is 0 Å². The number of carbonyl (C=O) groups excluding carboxylic acids is 2. The molecule has 0 saturated carbocycles. The first-order chi connectivity index (χ1) is 6.70. The van der Waals surface area contributed by atoms with Crippen LogP contribution < -0.4 is 5.32 Å². The highest BCUT2D eigenvalue weighted by Gasteiger charge is 2.41. The minimum absolute atomic E-state index is 0.430. The molecule has 0 radical (unpaired) electrons. The predicted molar refractivity (Wildman–Crippen MR) is 48.6 cm³/mol. The van der Waals surface area contributed by atoms with Gasteiger partial charge in [0.2, 0.25) is 0 Å². The number of alkyl halides is 4. The molecule has 0 aromatic heterocycles. The first-order valence-electron chi connectivity index (χ1n) is 4.16. The highest BCUT2D eigenvalue weighted by Crippen LogP contribution is 2.16. The lowest BCUT2D eigenvalue weighted by atomic mass is 10.0. The van der Waals surface area contributed by atoms with Crippen molar-refractivity contribution in [1.29, 1.82) is 0 Å². The first-order valence-corrected chi connectivity index (χ1v) is 4.70. The molecule has 1 unspecified atom stereocenters. The molecule has 0 spiro atoms. The number of nitrogens with one attached hydrogen (secondary N) is 1. The lowest BCUT2D eigenvalue weighted by Crippen LogP contribution is -2.49. The van der Waals surface area contributed by atoms with Gasteiger partial charge in [-0.2, -0.15) is 13.2 Å². The zero-order chi connectivity index (χ0) is 12.2. The van der Waals surface area contributed by atoms with E-state index in [2.05, 4.69) is 0 Å². The number of rotatable bonds is 4. The van der Waals surface area contributed by atoms with Crippen LogP contribution in [0.3, 0.4) is 0 Å². The fourth-order valence-corrected chi connectivity index (χ4v) is 1.09. The van der Waals surface area contributed by atoms with E-state index in [0.717, 1.165) is 0 Å². The molecule has 0 aromatic rings. The summed E-state index contributed by atoms with van der Waals surface area (Å²) < 4.78 is 35.7. The van der Waals surface area contributed by atoms with Crippen LogP contribution in [0.5, 0.6) is 0 Å². The van der Waals surface area contributed by atoms with E-state index in [1.54, 1.807) is 5.32 Å². The third kappa shape index (κ3) is 4.51.